The Hall–Kier alpha value is -1.47. The number of carbonyl (C=O) groups excluding carboxylic acids is 1. The van der Waals surface area contributed by atoms with Crippen LogP contribution in [0.1, 0.15) is 43.4 Å². The summed E-state index contributed by atoms with van der Waals surface area (Å²) in [6.07, 6.45) is 0.738. The molecule has 0 bridgehead atoms. The van der Waals surface area contributed by atoms with Crippen LogP contribution in [0.15, 0.2) is 0 Å². The summed E-state index contributed by atoms with van der Waals surface area (Å²) in [7, 11) is 1.66. The molecule has 1 rings (SSSR count). The van der Waals surface area contributed by atoms with Gasteiger partial charge in [-0.25, -0.2) is 9.48 Å². The van der Waals surface area contributed by atoms with E-state index >= 15 is 0 Å². The molecule has 0 aliphatic heterocycles. The maximum atomic E-state index is 11.7. The zero-order chi connectivity index (χ0) is 14.5. The molecule has 1 heterocycles. The van der Waals surface area contributed by atoms with E-state index in [0.29, 0.717) is 18.8 Å². The van der Waals surface area contributed by atoms with E-state index in [-0.39, 0.29) is 17.8 Å². The van der Waals surface area contributed by atoms with Crippen LogP contribution in [0.2, 0.25) is 0 Å². The molecule has 0 amide bonds. The van der Waals surface area contributed by atoms with Crippen molar-refractivity contribution in [3.8, 4) is 0 Å². The van der Waals surface area contributed by atoms with Gasteiger partial charge in [-0.3, -0.25) is 0 Å². The topological polar surface area (TPSA) is 92.3 Å². The van der Waals surface area contributed by atoms with Gasteiger partial charge in [0.15, 0.2) is 5.69 Å². The van der Waals surface area contributed by atoms with E-state index in [4.69, 9.17) is 15.2 Å². The summed E-state index contributed by atoms with van der Waals surface area (Å²) in [6, 6.07) is 0. The fourth-order valence-electron chi connectivity index (χ4n) is 1.55. The van der Waals surface area contributed by atoms with Crippen molar-refractivity contribution in [2.45, 2.75) is 45.9 Å². The standard InChI is InChI=1S/C12H22N4O3/c1-5-19-11(17)10-9(8-13)16(15-14-10)7-6-12(2,3)18-4/h5-8,13H2,1-4H3. The molecule has 0 aliphatic carbocycles. The number of carbonyl (C=O) groups is 1. The van der Waals surface area contributed by atoms with E-state index in [2.05, 4.69) is 10.3 Å². The zero-order valence-corrected chi connectivity index (χ0v) is 12.0. The van der Waals surface area contributed by atoms with Gasteiger partial charge < -0.3 is 15.2 Å². The number of hydrogen-bond acceptors (Lipinski definition) is 6. The Balaban J connectivity index is 2.83. The highest BCUT2D eigenvalue weighted by Crippen LogP contribution is 2.15. The van der Waals surface area contributed by atoms with Crippen LogP contribution in [0.4, 0.5) is 0 Å². The minimum Gasteiger partial charge on any atom is -0.461 e. The zero-order valence-electron chi connectivity index (χ0n) is 12.0. The van der Waals surface area contributed by atoms with Crippen LogP contribution in [0.5, 0.6) is 0 Å². The van der Waals surface area contributed by atoms with Gasteiger partial charge in [0.1, 0.15) is 0 Å². The van der Waals surface area contributed by atoms with E-state index in [0.717, 1.165) is 6.42 Å². The van der Waals surface area contributed by atoms with E-state index in [9.17, 15) is 4.79 Å². The molecule has 0 radical (unpaired) electrons. The number of esters is 1. The number of aryl methyl sites for hydroxylation is 1. The number of ether oxygens (including phenoxy) is 2. The van der Waals surface area contributed by atoms with Crippen LogP contribution in [0, 0.1) is 0 Å². The average Bonchev–Trinajstić information content (AvgIpc) is 2.79. The van der Waals surface area contributed by atoms with Crippen LogP contribution in [0.25, 0.3) is 0 Å². The Morgan fingerprint density at radius 1 is 1.47 bits per heavy atom. The molecule has 0 fully saturated rings. The fourth-order valence-corrected chi connectivity index (χ4v) is 1.55. The molecule has 0 saturated carbocycles. The molecule has 0 saturated heterocycles. The third-order valence-electron chi connectivity index (χ3n) is 2.98. The number of rotatable bonds is 7. The van der Waals surface area contributed by atoms with Gasteiger partial charge in [-0.1, -0.05) is 5.21 Å². The third-order valence-corrected chi connectivity index (χ3v) is 2.98. The second-order valence-corrected chi connectivity index (χ2v) is 4.75. The Morgan fingerprint density at radius 3 is 2.68 bits per heavy atom. The molecule has 7 heteroatoms. The molecule has 108 valence electrons. The van der Waals surface area contributed by atoms with E-state index in [1.807, 2.05) is 13.8 Å². The summed E-state index contributed by atoms with van der Waals surface area (Å²) in [5, 5.41) is 7.81. The molecular formula is C12H22N4O3. The first kappa shape index (κ1) is 15.6. The molecule has 7 nitrogen and oxygen atoms in total. The molecule has 19 heavy (non-hydrogen) atoms. The molecule has 1 aromatic rings. The molecule has 0 aromatic carbocycles. The van der Waals surface area contributed by atoms with Gasteiger partial charge in [0.25, 0.3) is 0 Å². The Labute approximate surface area is 113 Å². The fraction of sp³-hybridized carbons (Fsp3) is 0.750. The predicted molar refractivity (Wildman–Crippen MR) is 69.6 cm³/mol. The summed E-state index contributed by atoms with van der Waals surface area (Å²) in [4.78, 5) is 11.7. The van der Waals surface area contributed by atoms with Crippen molar-refractivity contribution in [2.75, 3.05) is 13.7 Å². The maximum Gasteiger partial charge on any atom is 0.360 e. The Bertz CT molecular complexity index is 429. The van der Waals surface area contributed by atoms with Crippen molar-refractivity contribution in [3.63, 3.8) is 0 Å². The normalized spacial score (nSPS) is 11.6. The second-order valence-electron chi connectivity index (χ2n) is 4.75. The second kappa shape index (κ2) is 6.63. The predicted octanol–water partition coefficient (Wildman–Crippen LogP) is 0.729. The lowest BCUT2D eigenvalue weighted by molar-refractivity contribution is 0.0110. The number of hydrogen-bond donors (Lipinski definition) is 1. The first-order valence-corrected chi connectivity index (χ1v) is 6.30. The molecular weight excluding hydrogens is 248 g/mol. The summed E-state index contributed by atoms with van der Waals surface area (Å²) in [6.45, 7) is 6.78. The number of nitrogens with zero attached hydrogens (tertiary/aromatic N) is 3. The van der Waals surface area contributed by atoms with Crippen molar-refractivity contribution >= 4 is 5.97 Å². The summed E-state index contributed by atoms with van der Waals surface area (Å²) in [5.41, 5.74) is 6.18. The van der Waals surface area contributed by atoms with Gasteiger partial charge in [-0.05, 0) is 27.2 Å². The van der Waals surface area contributed by atoms with Gasteiger partial charge >= 0.3 is 5.97 Å². The third kappa shape index (κ3) is 4.00. The molecule has 1 aromatic heterocycles. The van der Waals surface area contributed by atoms with Gasteiger partial charge in [0.05, 0.1) is 17.9 Å². The molecule has 0 aliphatic rings. The summed E-state index contributed by atoms with van der Waals surface area (Å²) in [5.74, 6) is -0.486. The summed E-state index contributed by atoms with van der Waals surface area (Å²) >= 11 is 0. The van der Waals surface area contributed by atoms with E-state index in [1.54, 1.807) is 18.7 Å². The highest BCUT2D eigenvalue weighted by Gasteiger charge is 2.22. The summed E-state index contributed by atoms with van der Waals surface area (Å²) < 4.78 is 11.9. The van der Waals surface area contributed by atoms with E-state index < -0.39 is 5.97 Å². The Kier molecular flexibility index (Phi) is 5.44. The monoisotopic (exact) mass is 270 g/mol. The first-order chi connectivity index (χ1) is 8.95. The van der Waals surface area contributed by atoms with Crippen LogP contribution >= 0.6 is 0 Å². The minimum absolute atomic E-state index is 0.189. The number of nitrogens with two attached hydrogens (primary N) is 1. The van der Waals surface area contributed by atoms with E-state index in [1.165, 1.54) is 0 Å². The smallest absolute Gasteiger partial charge is 0.360 e. The van der Waals surface area contributed by atoms with Crippen LogP contribution in [0.3, 0.4) is 0 Å². The molecule has 2 N–H and O–H groups in total. The largest absolute Gasteiger partial charge is 0.461 e. The van der Waals surface area contributed by atoms with Crippen LogP contribution in [-0.2, 0) is 22.6 Å². The quantitative estimate of drug-likeness (QED) is 0.734. The minimum atomic E-state index is -0.486. The lowest BCUT2D eigenvalue weighted by Crippen LogP contribution is -2.25. The van der Waals surface area contributed by atoms with Gasteiger partial charge in [-0.15, -0.1) is 5.10 Å². The van der Waals surface area contributed by atoms with Crippen molar-refractivity contribution in [2.24, 2.45) is 5.73 Å². The van der Waals surface area contributed by atoms with Crippen molar-refractivity contribution in [1.29, 1.82) is 0 Å². The maximum absolute atomic E-state index is 11.7. The van der Waals surface area contributed by atoms with Crippen LogP contribution in [-0.4, -0.2) is 40.3 Å². The highest BCUT2D eigenvalue weighted by atomic mass is 16.5. The van der Waals surface area contributed by atoms with Crippen molar-refractivity contribution in [1.82, 2.24) is 15.0 Å². The van der Waals surface area contributed by atoms with Gasteiger partial charge in [-0.2, -0.15) is 0 Å². The average molecular weight is 270 g/mol. The molecule has 0 atom stereocenters. The van der Waals surface area contributed by atoms with Gasteiger partial charge in [0, 0.05) is 20.2 Å². The van der Waals surface area contributed by atoms with Crippen molar-refractivity contribution < 1.29 is 14.3 Å². The molecule has 0 unspecified atom stereocenters. The lowest BCUT2D eigenvalue weighted by atomic mass is 10.1. The number of methoxy groups -OCH3 is 1. The van der Waals surface area contributed by atoms with Crippen LogP contribution < -0.4 is 5.73 Å². The molecule has 0 spiro atoms. The first-order valence-electron chi connectivity index (χ1n) is 6.30. The van der Waals surface area contributed by atoms with Crippen molar-refractivity contribution in [3.05, 3.63) is 11.4 Å². The number of aromatic nitrogens is 3. The van der Waals surface area contributed by atoms with Gasteiger partial charge in [0.2, 0.25) is 0 Å². The highest BCUT2D eigenvalue weighted by molar-refractivity contribution is 5.88. The lowest BCUT2D eigenvalue weighted by Gasteiger charge is -2.22. The SMILES string of the molecule is CCOC(=O)c1nnn(CCC(C)(C)OC)c1CN. The Morgan fingerprint density at radius 2 is 2.16 bits per heavy atom.